The van der Waals surface area contributed by atoms with Crippen LogP contribution in [0.1, 0.15) is 63.8 Å². The van der Waals surface area contributed by atoms with Crippen molar-refractivity contribution in [3.05, 3.63) is 57.6 Å². The van der Waals surface area contributed by atoms with Gasteiger partial charge in [0.2, 0.25) is 0 Å². The molecular weight excluding hydrogens is 300 g/mol. The van der Waals surface area contributed by atoms with E-state index in [4.69, 9.17) is 9.15 Å². The molecule has 3 nitrogen and oxygen atoms in total. The zero-order valence-electron chi connectivity index (χ0n) is 15.5. The molecule has 130 valence electrons. The van der Waals surface area contributed by atoms with Gasteiger partial charge >= 0.3 is 5.97 Å². The summed E-state index contributed by atoms with van der Waals surface area (Å²) >= 11 is 0. The maximum Gasteiger partial charge on any atom is 0.331 e. The molecule has 0 N–H and O–H groups in total. The van der Waals surface area contributed by atoms with Gasteiger partial charge in [0.1, 0.15) is 12.4 Å². The van der Waals surface area contributed by atoms with Gasteiger partial charge in [-0.15, -0.1) is 0 Å². The average molecular weight is 328 g/mol. The first-order chi connectivity index (χ1) is 11.4. The molecule has 0 bridgehead atoms. The summed E-state index contributed by atoms with van der Waals surface area (Å²) in [5, 5.41) is 0. The van der Waals surface area contributed by atoms with Crippen molar-refractivity contribution < 1.29 is 13.9 Å². The minimum atomic E-state index is -0.287. The van der Waals surface area contributed by atoms with Crippen LogP contribution in [0.2, 0.25) is 0 Å². The number of furan rings is 1. The van der Waals surface area contributed by atoms with Crippen LogP contribution in [0.5, 0.6) is 0 Å². The molecule has 0 saturated heterocycles. The highest BCUT2D eigenvalue weighted by atomic mass is 16.5. The smallest absolute Gasteiger partial charge is 0.331 e. The molecule has 0 aromatic carbocycles. The Bertz CT molecular complexity index is 699. The Kier molecular flexibility index (Phi) is 6.24. The van der Waals surface area contributed by atoms with E-state index in [1.165, 1.54) is 16.7 Å². The van der Waals surface area contributed by atoms with Gasteiger partial charge < -0.3 is 9.15 Å². The van der Waals surface area contributed by atoms with Crippen molar-refractivity contribution >= 4 is 5.97 Å². The number of esters is 1. The maximum absolute atomic E-state index is 11.9. The van der Waals surface area contributed by atoms with E-state index in [2.05, 4.69) is 19.9 Å². The predicted octanol–water partition coefficient (Wildman–Crippen LogP) is 5.59. The molecule has 1 heterocycles. The number of aryl methyl sites for hydroxylation is 1. The fourth-order valence-corrected chi connectivity index (χ4v) is 2.81. The van der Waals surface area contributed by atoms with Crippen molar-refractivity contribution in [2.24, 2.45) is 0 Å². The fraction of sp³-hybridized carbons (Fsp3) is 0.476. The summed E-state index contributed by atoms with van der Waals surface area (Å²) in [6.07, 6.45) is 9.45. The Morgan fingerprint density at radius 2 is 2.08 bits per heavy atom. The Morgan fingerprint density at radius 3 is 2.79 bits per heavy atom. The Labute approximate surface area is 145 Å². The van der Waals surface area contributed by atoms with Crippen LogP contribution in [0.25, 0.3) is 0 Å². The molecule has 0 atom stereocenters. The van der Waals surface area contributed by atoms with Crippen LogP contribution in [0.4, 0.5) is 0 Å². The second-order valence-electron chi connectivity index (χ2n) is 6.62. The van der Waals surface area contributed by atoms with Gasteiger partial charge in [-0.3, -0.25) is 0 Å². The maximum atomic E-state index is 11.9. The number of rotatable bonds is 6. The SMILES string of the molecule is CC/C(C)=C/C(=O)OCc1c(C)coc1CC1=CCCC(C)=C1C. The van der Waals surface area contributed by atoms with E-state index in [1.54, 1.807) is 12.3 Å². The second kappa shape index (κ2) is 8.18. The van der Waals surface area contributed by atoms with Crippen molar-refractivity contribution in [3.8, 4) is 0 Å². The summed E-state index contributed by atoms with van der Waals surface area (Å²) in [6.45, 7) is 10.6. The number of allylic oxidation sites excluding steroid dienone is 5. The highest BCUT2D eigenvalue weighted by Crippen LogP contribution is 2.29. The number of hydrogen-bond acceptors (Lipinski definition) is 3. The summed E-state index contributed by atoms with van der Waals surface area (Å²) < 4.78 is 11.2. The third-order valence-corrected chi connectivity index (χ3v) is 4.85. The van der Waals surface area contributed by atoms with Crippen LogP contribution in [-0.2, 0) is 22.6 Å². The second-order valence-corrected chi connectivity index (χ2v) is 6.62. The van der Waals surface area contributed by atoms with Crippen LogP contribution < -0.4 is 0 Å². The lowest BCUT2D eigenvalue weighted by Crippen LogP contribution is -2.05. The van der Waals surface area contributed by atoms with Gasteiger partial charge in [0.15, 0.2) is 0 Å². The summed E-state index contributed by atoms with van der Waals surface area (Å²) in [5.74, 6) is 0.612. The molecule has 1 aliphatic carbocycles. The molecule has 0 aliphatic heterocycles. The van der Waals surface area contributed by atoms with E-state index in [1.807, 2.05) is 20.8 Å². The molecule has 0 amide bonds. The van der Waals surface area contributed by atoms with Crippen molar-refractivity contribution in [2.75, 3.05) is 0 Å². The van der Waals surface area contributed by atoms with E-state index in [0.29, 0.717) is 0 Å². The molecule has 1 aliphatic rings. The number of carbonyl (C=O) groups is 1. The number of hydrogen-bond donors (Lipinski definition) is 0. The van der Waals surface area contributed by atoms with Gasteiger partial charge in [0, 0.05) is 18.1 Å². The largest absolute Gasteiger partial charge is 0.468 e. The normalized spacial score (nSPS) is 15.5. The highest BCUT2D eigenvalue weighted by molar-refractivity contribution is 5.82. The van der Waals surface area contributed by atoms with Gasteiger partial charge in [0.25, 0.3) is 0 Å². The summed E-state index contributed by atoms with van der Waals surface area (Å²) in [5.41, 5.74) is 7.17. The van der Waals surface area contributed by atoms with Crippen LogP contribution >= 0.6 is 0 Å². The average Bonchev–Trinajstić information content (AvgIpc) is 2.89. The first kappa shape index (κ1) is 18.3. The summed E-state index contributed by atoms with van der Waals surface area (Å²) in [4.78, 5) is 11.9. The molecule has 1 aromatic heterocycles. The molecular formula is C21H28O3. The molecule has 2 rings (SSSR count). The van der Waals surface area contributed by atoms with Crippen LogP contribution in [-0.4, -0.2) is 5.97 Å². The first-order valence-electron chi connectivity index (χ1n) is 8.67. The summed E-state index contributed by atoms with van der Waals surface area (Å²) in [6, 6.07) is 0. The number of carbonyl (C=O) groups excluding carboxylic acids is 1. The molecule has 3 heteroatoms. The topological polar surface area (TPSA) is 39.4 Å². The van der Waals surface area contributed by atoms with Crippen molar-refractivity contribution in [1.29, 1.82) is 0 Å². The van der Waals surface area contributed by atoms with Crippen LogP contribution in [0.3, 0.4) is 0 Å². The number of ether oxygens (including phenoxy) is 1. The standard InChI is InChI=1S/C21H28O3/c1-6-14(2)10-21(22)24-13-19-16(4)12-23-20(19)11-18-9-7-8-15(3)17(18)5/h9-10,12H,6-8,11,13H2,1-5H3/b14-10+. The van der Waals surface area contributed by atoms with Crippen molar-refractivity contribution in [1.82, 2.24) is 0 Å². The van der Waals surface area contributed by atoms with Gasteiger partial charge in [-0.1, -0.05) is 24.1 Å². The zero-order chi connectivity index (χ0) is 17.7. The van der Waals surface area contributed by atoms with E-state index in [-0.39, 0.29) is 12.6 Å². The molecule has 0 radical (unpaired) electrons. The molecule has 24 heavy (non-hydrogen) atoms. The fourth-order valence-electron chi connectivity index (χ4n) is 2.81. The van der Waals surface area contributed by atoms with E-state index in [9.17, 15) is 4.79 Å². The van der Waals surface area contributed by atoms with E-state index >= 15 is 0 Å². The third-order valence-electron chi connectivity index (χ3n) is 4.85. The molecule has 1 aromatic rings. The lowest BCUT2D eigenvalue weighted by atomic mass is 9.90. The quantitative estimate of drug-likeness (QED) is 0.505. The first-order valence-corrected chi connectivity index (χ1v) is 8.67. The predicted molar refractivity (Wildman–Crippen MR) is 96.7 cm³/mol. The monoisotopic (exact) mass is 328 g/mol. The van der Waals surface area contributed by atoms with Crippen LogP contribution in [0, 0.1) is 6.92 Å². The highest BCUT2D eigenvalue weighted by Gasteiger charge is 2.17. The third kappa shape index (κ3) is 4.50. The van der Waals surface area contributed by atoms with Crippen molar-refractivity contribution in [3.63, 3.8) is 0 Å². The minimum absolute atomic E-state index is 0.263. The van der Waals surface area contributed by atoms with Crippen LogP contribution in [0.15, 0.2) is 45.1 Å². The molecule has 0 spiro atoms. The van der Waals surface area contributed by atoms with Crippen molar-refractivity contribution in [2.45, 2.75) is 66.9 Å². The summed E-state index contributed by atoms with van der Waals surface area (Å²) in [7, 11) is 0. The molecule has 0 fully saturated rings. The molecule has 0 saturated carbocycles. The Balaban J connectivity index is 2.09. The van der Waals surface area contributed by atoms with Gasteiger partial charge in [-0.05, 0) is 63.7 Å². The van der Waals surface area contributed by atoms with E-state index < -0.39 is 0 Å². The van der Waals surface area contributed by atoms with Gasteiger partial charge in [-0.25, -0.2) is 4.79 Å². The Morgan fingerprint density at radius 1 is 1.33 bits per heavy atom. The molecule has 0 unspecified atom stereocenters. The lowest BCUT2D eigenvalue weighted by Gasteiger charge is -2.17. The minimum Gasteiger partial charge on any atom is -0.468 e. The van der Waals surface area contributed by atoms with Gasteiger partial charge in [-0.2, -0.15) is 0 Å². The lowest BCUT2D eigenvalue weighted by molar-refractivity contribution is -0.139. The van der Waals surface area contributed by atoms with Gasteiger partial charge in [0.05, 0.1) is 6.26 Å². The Hall–Kier alpha value is -2.03. The zero-order valence-corrected chi connectivity index (χ0v) is 15.5. The van der Waals surface area contributed by atoms with E-state index in [0.717, 1.165) is 48.1 Å².